The second kappa shape index (κ2) is 7.26. The van der Waals surface area contributed by atoms with Crippen molar-refractivity contribution in [3.05, 3.63) is 35.9 Å². The van der Waals surface area contributed by atoms with Crippen molar-refractivity contribution in [3.63, 3.8) is 0 Å². The Balaban J connectivity index is 1.72. The summed E-state index contributed by atoms with van der Waals surface area (Å²) in [5.41, 5.74) is 0.994. The lowest BCUT2D eigenvalue weighted by Gasteiger charge is -2.34. The third-order valence-corrected chi connectivity index (χ3v) is 3.36. The second-order valence-electron chi connectivity index (χ2n) is 5.18. The molecular formula is C15H22N2O3. The quantitative estimate of drug-likeness (QED) is 0.902. The van der Waals surface area contributed by atoms with E-state index in [-0.39, 0.29) is 12.2 Å². The Labute approximate surface area is 119 Å². The third kappa shape index (κ3) is 4.51. The minimum Gasteiger partial charge on any atom is -0.445 e. The fourth-order valence-electron chi connectivity index (χ4n) is 2.30. The van der Waals surface area contributed by atoms with Crippen LogP contribution in [0.5, 0.6) is 0 Å². The van der Waals surface area contributed by atoms with Gasteiger partial charge in [-0.1, -0.05) is 30.3 Å². The van der Waals surface area contributed by atoms with Crippen LogP contribution in [0.3, 0.4) is 0 Å². The van der Waals surface area contributed by atoms with Crippen LogP contribution in [0.4, 0.5) is 4.79 Å². The minimum absolute atomic E-state index is 0.259. The van der Waals surface area contributed by atoms with Gasteiger partial charge in [0.25, 0.3) is 0 Å². The topological polar surface area (TPSA) is 53.0 Å². The lowest BCUT2D eigenvalue weighted by Crippen LogP contribution is -2.50. The van der Waals surface area contributed by atoms with Gasteiger partial charge in [0.1, 0.15) is 6.61 Å². The first-order valence-electron chi connectivity index (χ1n) is 7.01. The molecule has 1 amide bonds. The van der Waals surface area contributed by atoms with E-state index in [1.807, 2.05) is 30.3 Å². The van der Waals surface area contributed by atoms with Gasteiger partial charge in [-0.2, -0.15) is 0 Å². The number of nitrogens with zero attached hydrogens (tertiary/aromatic N) is 2. The first kappa shape index (κ1) is 14.8. The predicted molar refractivity (Wildman–Crippen MR) is 76.3 cm³/mol. The number of hydrogen-bond donors (Lipinski definition) is 1. The molecule has 1 N–H and O–H groups in total. The van der Waals surface area contributed by atoms with E-state index in [1.165, 1.54) is 0 Å². The lowest BCUT2D eigenvalue weighted by molar-refractivity contribution is 0.0571. The number of ether oxygens (including phenoxy) is 1. The molecule has 0 aliphatic carbocycles. The monoisotopic (exact) mass is 278 g/mol. The second-order valence-corrected chi connectivity index (χ2v) is 5.18. The van der Waals surface area contributed by atoms with Crippen LogP contribution in [0.2, 0.25) is 0 Å². The van der Waals surface area contributed by atoms with E-state index in [4.69, 9.17) is 4.74 Å². The number of carbonyl (C=O) groups excluding carboxylic acids is 1. The Morgan fingerprint density at radius 2 is 1.90 bits per heavy atom. The smallest absolute Gasteiger partial charge is 0.410 e. The van der Waals surface area contributed by atoms with E-state index < -0.39 is 0 Å². The molecule has 0 radical (unpaired) electrons. The summed E-state index contributed by atoms with van der Waals surface area (Å²) in [4.78, 5) is 15.8. The Kier molecular flexibility index (Phi) is 5.38. The molecule has 1 aliphatic rings. The van der Waals surface area contributed by atoms with Gasteiger partial charge in [-0.3, -0.25) is 4.90 Å². The summed E-state index contributed by atoms with van der Waals surface area (Å²) in [7, 11) is 0. The first-order valence-corrected chi connectivity index (χ1v) is 7.01. The van der Waals surface area contributed by atoms with Gasteiger partial charge in [0.2, 0.25) is 0 Å². The summed E-state index contributed by atoms with van der Waals surface area (Å²) >= 11 is 0. The molecule has 0 bridgehead atoms. The van der Waals surface area contributed by atoms with Crippen molar-refractivity contribution in [1.82, 2.24) is 9.80 Å². The summed E-state index contributed by atoms with van der Waals surface area (Å²) in [6.45, 7) is 5.62. The molecule has 0 saturated carbocycles. The molecule has 1 aliphatic heterocycles. The maximum atomic E-state index is 11.9. The SMILES string of the molecule is C[C@H](O)CN1CCN(C(=O)OCc2ccccc2)CC1. The predicted octanol–water partition coefficient (Wildman–Crippen LogP) is 1.32. The van der Waals surface area contributed by atoms with Gasteiger partial charge in [0.15, 0.2) is 0 Å². The van der Waals surface area contributed by atoms with Crippen LogP contribution in [0.15, 0.2) is 30.3 Å². The summed E-state index contributed by atoms with van der Waals surface area (Å²) in [5, 5.41) is 9.34. The van der Waals surface area contributed by atoms with Crippen molar-refractivity contribution in [2.45, 2.75) is 19.6 Å². The van der Waals surface area contributed by atoms with Gasteiger partial charge >= 0.3 is 6.09 Å². The summed E-state index contributed by atoms with van der Waals surface area (Å²) < 4.78 is 5.30. The van der Waals surface area contributed by atoms with Crippen molar-refractivity contribution < 1.29 is 14.6 Å². The highest BCUT2D eigenvalue weighted by molar-refractivity contribution is 5.67. The first-order chi connectivity index (χ1) is 9.65. The maximum absolute atomic E-state index is 11.9. The summed E-state index contributed by atoms with van der Waals surface area (Å²) in [6.07, 6.45) is -0.586. The molecule has 1 saturated heterocycles. The van der Waals surface area contributed by atoms with Crippen LogP contribution in [0.1, 0.15) is 12.5 Å². The number of carbonyl (C=O) groups is 1. The van der Waals surface area contributed by atoms with Crippen molar-refractivity contribution in [1.29, 1.82) is 0 Å². The fourth-order valence-corrected chi connectivity index (χ4v) is 2.30. The number of aliphatic hydroxyl groups is 1. The van der Waals surface area contributed by atoms with E-state index in [1.54, 1.807) is 11.8 Å². The Hall–Kier alpha value is -1.59. The van der Waals surface area contributed by atoms with E-state index in [0.717, 1.165) is 18.7 Å². The van der Waals surface area contributed by atoms with Gasteiger partial charge < -0.3 is 14.7 Å². The molecule has 0 spiro atoms. The number of aliphatic hydroxyl groups excluding tert-OH is 1. The van der Waals surface area contributed by atoms with Crippen molar-refractivity contribution in [2.24, 2.45) is 0 Å². The molecule has 2 rings (SSSR count). The van der Waals surface area contributed by atoms with E-state index in [0.29, 0.717) is 26.2 Å². The molecule has 1 heterocycles. The van der Waals surface area contributed by atoms with Gasteiger partial charge in [-0.05, 0) is 12.5 Å². The van der Waals surface area contributed by atoms with Crippen LogP contribution in [-0.2, 0) is 11.3 Å². The standard InChI is InChI=1S/C15H22N2O3/c1-13(18)11-16-7-9-17(10-8-16)15(19)20-12-14-5-3-2-4-6-14/h2-6,13,18H,7-12H2,1H3/t13-/m0/s1. The molecule has 0 aromatic heterocycles. The van der Waals surface area contributed by atoms with E-state index in [9.17, 15) is 9.90 Å². The molecule has 5 nitrogen and oxygen atoms in total. The lowest BCUT2D eigenvalue weighted by atomic mass is 10.2. The van der Waals surface area contributed by atoms with Crippen molar-refractivity contribution >= 4 is 6.09 Å². The molecule has 1 aromatic rings. The Morgan fingerprint density at radius 1 is 1.25 bits per heavy atom. The molecule has 5 heteroatoms. The number of hydrogen-bond acceptors (Lipinski definition) is 4. The molecular weight excluding hydrogens is 256 g/mol. The van der Waals surface area contributed by atoms with Crippen molar-refractivity contribution in [3.8, 4) is 0 Å². The zero-order valence-corrected chi connectivity index (χ0v) is 11.9. The molecule has 1 fully saturated rings. The molecule has 20 heavy (non-hydrogen) atoms. The Morgan fingerprint density at radius 3 is 2.50 bits per heavy atom. The maximum Gasteiger partial charge on any atom is 0.410 e. The zero-order chi connectivity index (χ0) is 14.4. The van der Waals surface area contributed by atoms with Crippen LogP contribution in [-0.4, -0.2) is 59.8 Å². The van der Waals surface area contributed by atoms with Crippen molar-refractivity contribution in [2.75, 3.05) is 32.7 Å². The number of benzene rings is 1. The molecule has 1 atom stereocenters. The number of piperazine rings is 1. The normalized spacial score (nSPS) is 17.8. The number of β-amino-alcohol motifs (C(OH)–C–C–N with tert-alkyl or cyclic N) is 1. The van der Waals surface area contributed by atoms with E-state index >= 15 is 0 Å². The van der Waals surface area contributed by atoms with Gasteiger partial charge in [-0.15, -0.1) is 0 Å². The van der Waals surface area contributed by atoms with Gasteiger partial charge in [-0.25, -0.2) is 4.79 Å². The van der Waals surface area contributed by atoms with Crippen LogP contribution >= 0.6 is 0 Å². The fraction of sp³-hybridized carbons (Fsp3) is 0.533. The summed E-state index contributed by atoms with van der Waals surface area (Å²) in [6, 6.07) is 9.67. The average Bonchev–Trinajstić information content (AvgIpc) is 2.46. The van der Waals surface area contributed by atoms with Crippen LogP contribution < -0.4 is 0 Å². The highest BCUT2D eigenvalue weighted by Gasteiger charge is 2.22. The van der Waals surface area contributed by atoms with Crippen LogP contribution in [0.25, 0.3) is 0 Å². The number of rotatable bonds is 4. The summed E-state index contributed by atoms with van der Waals surface area (Å²) in [5.74, 6) is 0. The molecule has 0 unspecified atom stereocenters. The highest BCUT2D eigenvalue weighted by atomic mass is 16.6. The average molecular weight is 278 g/mol. The van der Waals surface area contributed by atoms with Gasteiger partial charge in [0, 0.05) is 32.7 Å². The van der Waals surface area contributed by atoms with Gasteiger partial charge in [0.05, 0.1) is 6.10 Å². The largest absolute Gasteiger partial charge is 0.445 e. The third-order valence-electron chi connectivity index (χ3n) is 3.36. The number of amides is 1. The molecule has 110 valence electrons. The van der Waals surface area contributed by atoms with Crippen LogP contribution in [0, 0.1) is 0 Å². The Bertz CT molecular complexity index is 414. The minimum atomic E-state index is -0.327. The molecule has 1 aromatic carbocycles. The van der Waals surface area contributed by atoms with E-state index in [2.05, 4.69) is 4.90 Å². The zero-order valence-electron chi connectivity index (χ0n) is 11.9. The highest BCUT2D eigenvalue weighted by Crippen LogP contribution is 2.07.